The van der Waals surface area contributed by atoms with Gasteiger partial charge in [0.15, 0.2) is 0 Å². The monoisotopic (exact) mass is 244 g/mol. The molecule has 0 bridgehead atoms. The second kappa shape index (κ2) is 9.00. The summed E-state index contributed by atoms with van der Waals surface area (Å²) in [6, 6.07) is 11.1. The van der Waals surface area contributed by atoms with Gasteiger partial charge in [0.05, 0.1) is 0 Å². The van der Waals surface area contributed by atoms with Gasteiger partial charge in [-0.15, -0.1) is 0 Å². The van der Waals surface area contributed by atoms with Crippen LogP contribution in [0.4, 0.5) is 0 Å². The van der Waals surface area contributed by atoms with E-state index in [0.717, 1.165) is 0 Å². The van der Waals surface area contributed by atoms with Crippen molar-refractivity contribution in [1.82, 2.24) is 0 Å². The van der Waals surface area contributed by atoms with Crippen LogP contribution in [0.2, 0.25) is 0 Å². The van der Waals surface area contributed by atoms with Gasteiger partial charge in [0.25, 0.3) is 0 Å². The molecular weight excluding hydrogens is 224 g/mol. The SMILES string of the molecule is CC(C)c1c[c-]ccc1.[CH-]1CCCC1.[Fe+2]. The van der Waals surface area contributed by atoms with Crippen molar-refractivity contribution in [3.8, 4) is 0 Å². The normalized spacial score (nSPS) is 14.1. The third-order valence-corrected chi connectivity index (χ3v) is 2.46. The van der Waals surface area contributed by atoms with E-state index in [-0.39, 0.29) is 17.1 Å². The van der Waals surface area contributed by atoms with Gasteiger partial charge >= 0.3 is 17.1 Å². The van der Waals surface area contributed by atoms with Gasteiger partial charge in [-0.05, 0) is 0 Å². The van der Waals surface area contributed by atoms with Crippen LogP contribution in [-0.4, -0.2) is 0 Å². The molecule has 1 aliphatic carbocycles. The Labute approximate surface area is 105 Å². The molecule has 0 amide bonds. The summed E-state index contributed by atoms with van der Waals surface area (Å²) in [5, 5.41) is 0. The summed E-state index contributed by atoms with van der Waals surface area (Å²) in [6.07, 6.45) is 8.00. The fourth-order valence-corrected chi connectivity index (χ4v) is 1.49. The van der Waals surface area contributed by atoms with Crippen molar-refractivity contribution in [2.24, 2.45) is 0 Å². The first-order valence-electron chi connectivity index (χ1n) is 5.58. The third kappa shape index (κ3) is 6.76. The van der Waals surface area contributed by atoms with Crippen molar-refractivity contribution in [2.45, 2.75) is 45.4 Å². The zero-order valence-corrected chi connectivity index (χ0v) is 10.8. The van der Waals surface area contributed by atoms with E-state index in [9.17, 15) is 0 Å². The van der Waals surface area contributed by atoms with Gasteiger partial charge in [0.2, 0.25) is 0 Å². The van der Waals surface area contributed by atoms with Crippen LogP contribution >= 0.6 is 0 Å². The van der Waals surface area contributed by atoms with Crippen molar-refractivity contribution in [1.29, 1.82) is 0 Å². The second-order valence-corrected chi connectivity index (χ2v) is 4.06. The van der Waals surface area contributed by atoms with Crippen LogP contribution in [0.25, 0.3) is 0 Å². The summed E-state index contributed by atoms with van der Waals surface area (Å²) < 4.78 is 0. The van der Waals surface area contributed by atoms with Crippen LogP contribution in [0.1, 0.15) is 51.0 Å². The van der Waals surface area contributed by atoms with Crippen LogP contribution in [0, 0.1) is 12.5 Å². The van der Waals surface area contributed by atoms with Gasteiger partial charge in [-0.2, -0.15) is 48.7 Å². The molecule has 0 aromatic heterocycles. The molecule has 0 radical (unpaired) electrons. The summed E-state index contributed by atoms with van der Waals surface area (Å²) >= 11 is 0. The quantitative estimate of drug-likeness (QED) is 0.508. The summed E-state index contributed by atoms with van der Waals surface area (Å²) in [5.74, 6) is 0.627. The molecular formula is C14H20Fe. The Bertz CT molecular complexity index is 217. The molecule has 2 rings (SSSR count). The maximum atomic E-state index is 3.04. The molecule has 0 aliphatic heterocycles. The molecule has 1 heteroatoms. The average Bonchev–Trinajstić information content (AvgIpc) is 2.77. The largest absolute Gasteiger partial charge is 2.00 e. The minimum absolute atomic E-state index is 0. The van der Waals surface area contributed by atoms with Crippen molar-refractivity contribution in [2.75, 3.05) is 0 Å². The molecule has 1 saturated carbocycles. The molecule has 0 atom stereocenters. The second-order valence-electron chi connectivity index (χ2n) is 4.06. The Balaban J connectivity index is 0.000000280. The molecule has 15 heavy (non-hydrogen) atoms. The van der Waals surface area contributed by atoms with Crippen LogP contribution in [-0.2, 0) is 17.1 Å². The fourth-order valence-electron chi connectivity index (χ4n) is 1.49. The Hall–Kier alpha value is -0.261. The molecule has 0 nitrogen and oxygen atoms in total. The molecule has 0 N–H and O–H groups in total. The number of hydrogen-bond donors (Lipinski definition) is 0. The zero-order valence-electron chi connectivity index (χ0n) is 9.65. The molecule has 1 aromatic carbocycles. The van der Waals surface area contributed by atoms with E-state index in [1.165, 1.54) is 31.2 Å². The van der Waals surface area contributed by atoms with Crippen molar-refractivity contribution in [3.63, 3.8) is 0 Å². The maximum absolute atomic E-state index is 3.04. The predicted octanol–water partition coefficient (Wildman–Crippen LogP) is 4.37. The van der Waals surface area contributed by atoms with Gasteiger partial charge in [0, 0.05) is 0 Å². The van der Waals surface area contributed by atoms with Crippen LogP contribution < -0.4 is 0 Å². The zero-order chi connectivity index (χ0) is 10.2. The molecule has 0 heterocycles. The van der Waals surface area contributed by atoms with Crippen LogP contribution in [0.15, 0.2) is 24.3 Å². The average molecular weight is 244 g/mol. The molecule has 84 valence electrons. The Kier molecular flexibility index (Phi) is 8.84. The molecule has 1 aromatic rings. The topological polar surface area (TPSA) is 0 Å². The van der Waals surface area contributed by atoms with E-state index in [1.54, 1.807) is 0 Å². The molecule has 0 spiro atoms. The van der Waals surface area contributed by atoms with Crippen LogP contribution in [0.5, 0.6) is 0 Å². The molecule has 0 saturated heterocycles. The van der Waals surface area contributed by atoms with E-state index in [1.807, 2.05) is 18.2 Å². The van der Waals surface area contributed by atoms with Gasteiger partial charge < -0.3 is 6.42 Å². The smallest absolute Gasteiger partial charge is 0.328 e. The number of hydrogen-bond acceptors (Lipinski definition) is 0. The first-order valence-corrected chi connectivity index (χ1v) is 5.58. The van der Waals surface area contributed by atoms with Gasteiger partial charge in [0.1, 0.15) is 0 Å². The van der Waals surface area contributed by atoms with E-state index in [4.69, 9.17) is 0 Å². The fraction of sp³-hybridized carbons (Fsp3) is 0.500. The van der Waals surface area contributed by atoms with E-state index in [2.05, 4.69) is 32.4 Å². The summed E-state index contributed by atoms with van der Waals surface area (Å²) in [7, 11) is 0. The summed E-state index contributed by atoms with van der Waals surface area (Å²) in [5.41, 5.74) is 1.36. The summed E-state index contributed by atoms with van der Waals surface area (Å²) in [6.45, 7) is 4.37. The van der Waals surface area contributed by atoms with E-state index in [0.29, 0.717) is 5.92 Å². The standard InChI is InChI=1S/C9H11.C5H9.Fe/c1-8(2)9-6-4-3-5-7-9;1-2-4-5-3-1;/h3-4,6-8H,1-2H3;1H,2-5H2;/q2*-1;+2. The van der Waals surface area contributed by atoms with Crippen molar-refractivity contribution in [3.05, 3.63) is 42.3 Å². The molecule has 1 aliphatic rings. The Morgan fingerprint density at radius 1 is 1.27 bits per heavy atom. The molecule has 0 unspecified atom stereocenters. The van der Waals surface area contributed by atoms with Gasteiger partial charge in [-0.25, -0.2) is 0 Å². The van der Waals surface area contributed by atoms with Crippen molar-refractivity contribution < 1.29 is 17.1 Å². The van der Waals surface area contributed by atoms with E-state index >= 15 is 0 Å². The first kappa shape index (κ1) is 14.7. The minimum Gasteiger partial charge on any atom is -0.328 e. The van der Waals surface area contributed by atoms with Gasteiger partial charge in [-0.1, -0.05) is 32.6 Å². The molecule has 1 fully saturated rings. The Morgan fingerprint density at radius 3 is 2.20 bits per heavy atom. The van der Waals surface area contributed by atoms with Crippen LogP contribution in [0.3, 0.4) is 0 Å². The minimum atomic E-state index is 0. The van der Waals surface area contributed by atoms with E-state index < -0.39 is 0 Å². The summed E-state index contributed by atoms with van der Waals surface area (Å²) in [4.78, 5) is 0. The van der Waals surface area contributed by atoms with Crippen molar-refractivity contribution >= 4 is 0 Å². The number of benzene rings is 1. The van der Waals surface area contributed by atoms with Gasteiger partial charge in [-0.3, -0.25) is 0 Å². The number of rotatable bonds is 1. The first-order chi connectivity index (χ1) is 6.80. The Morgan fingerprint density at radius 2 is 1.93 bits per heavy atom. The maximum Gasteiger partial charge on any atom is 2.00 e. The predicted molar refractivity (Wildman–Crippen MR) is 62.1 cm³/mol. The third-order valence-electron chi connectivity index (χ3n) is 2.46.